The van der Waals surface area contributed by atoms with Crippen molar-refractivity contribution in [2.75, 3.05) is 12.3 Å². The van der Waals surface area contributed by atoms with Crippen molar-refractivity contribution < 1.29 is 9.59 Å². The van der Waals surface area contributed by atoms with Gasteiger partial charge in [-0.2, -0.15) is 0 Å². The van der Waals surface area contributed by atoms with E-state index < -0.39 is 0 Å². The highest BCUT2D eigenvalue weighted by Crippen LogP contribution is 2.28. The highest BCUT2D eigenvalue weighted by atomic mass is 35.5. The van der Waals surface area contributed by atoms with Gasteiger partial charge in [0.2, 0.25) is 0 Å². The van der Waals surface area contributed by atoms with Gasteiger partial charge in [-0.1, -0.05) is 55.3 Å². The van der Waals surface area contributed by atoms with E-state index in [2.05, 4.69) is 0 Å². The predicted octanol–water partition coefficient (Wildman–Crippen LogP) is 4.41. The summed E-state index contributed by atoms with van der Waals surface area (Å²) in [5, 5.41) is 0.373. The van der Waals surface area contributed by atoms with Crippen LogP contribution in [-0.4, -0.2) is 23.2 Å². The topological polar surface area (TPSA) is 60.2 Å². The number of Topliss-reactive ketones (excluding diaryl/α,β-unsaturated/α-hetero) is 1. The third-order valence-electron chi connectivity index (χ3n) is 4.46. The number of benzene rings is 1. The standard InChI is InChI=1S/C19H27NO2S.ClH/c20-13-4-7-18(21)16-10-8-15(9-11-16)12-14-23-19(22)17-5-2-1-3-6-17;/h8-11,17H,1-7,12-14,20H2;1H. The number of carbonyl (C=O) groups is 2. The van der Waals surface area contributed by atoms with Gasteiger partial charge in [-0.3, -0.25) is 9.59 Å². The van der Waals surface area contributed by atoms with Gasteiger partial charge < -0.3 is 5.73 Å². The van der Waals surface area contributed by atoms with Gasteiger partial charge in [0.25, 0.3) is 0 Å². The maximum Gasteiger partial charge on any atom is 0.192 e. The fourth-order valence-electron chi connectivity index (χ4n) is 2.99. The zero-order valence-corrected chi connectivity index (χ0v) is 15.8. The molecule has 0 unspecified atom stereocenters. The summed E-state index contributed by atoms with van der Waals surface area (Å²) in [5.74, 6) is 1.27. The van der Waals surface area contributed by atoms with Crippen LogP contribution in [0.15, 0.2) is 24.3 Å². The Bertz CT molecular complexity index is 513. The number of carbonyl (C=O) groups excluding carboxylic acids is 2. The van der Waals surface area contributed by atoms with Gasteiger partial charge in [0, 0.05) is 23.7 Å². The summed E-state index contributed by atoms with van der Waals surface area (Å²) >= 11 is 1.48. The van der Waals surface area contributed by atoms with E-state index in [0.717, 1.165) is 37.0 Å². The van der Waals surface area contributed by atoms with E-state index in [-0.39, 0.29) is 24.1 Å². The van der Waals surface area contributed by atoms with Crippen molar-refractivity contribution in [3.63, 3.8) is 0 Å². The molecular formula is C19H28ClNO2S. The van der Waals surface area contributed by atoms with Gasteiger partial charge in [0.15, 0.2) is 10.9 Å². The molecule has 1 aromatic carbocycles. The van der Waals surface area contributed by atoms with Crippen molar-refractivity contribution in [3.8, 4) is 0 Å². The minimum absolute atomic E-state index is 0. The fourth-order valence-corrected chi connectivity index (χ4v) is 4.00. The first-order valence-corrected chi connectivity index (χ1v) is 9.68. The molecule has 0 bridgehead atoms. The lowest BCUT2D eigenvalue weighted by atomic mass is 9.90. The summed E-state index contributed by atoms with van der Waals surface area (Å²) in [7, 11) is 0. The molecule has 5 heteroatoms. The van der Waals surface area contributed by atoms with Crippen LogP contribution in [0.25, 0.3) is 0 Å². The van der Waals surface area contributed by atoms with E-state index in [9.17, 15) is 9.59 Å². The van der Waals surface area contributed by atoms with Crippen LogP contribution in [-0.2, 0) is 11.2 Å². The quantitative estimate of drug-likeness (QED) is 0.689. The SMILES string of the molecule is Cl.NCCCC(=O)c1ccc(CCSC(=O)C2CCCCC2)cc1. The van der Waals surface area contributed by atoms with Crippen LogP contribution >= 0.6 is 24.2 Å². The normalized spacial score (nSPS) is 14.9. The Morgan fingerprint density at radius 3 is 2.38 bits per heavy atom. The minimum atomic E-state index is 0. The molecule has 1 saturated carbocycles. The first kappa shape index (κ1) is 21.2. The molecule has 0 radical (unpaired) electrons. The Balaban J connectivity index is 0.00000288. The summed E-state index contributed by atoms with van der Waals surface area (Å²) in [6.07, 6.45) is 7.97. The van der Waals surface area contributed by atoms with Crippen LogP contribution in [0.4, 0.5) is 0 Å². The molecule has 1 aliphatic rings. The van der Waals surface area contributed by atoms with Gasteiger partial charge in [-0.15, -0.1) is 12.4 Å². The highest BCUT2D eigenvalue weighted by molar-refractivity contribution is 8.13. The van der Waals surface area contributed by atoms with Crippen molar-refractivity contribution in [1.82, 2.24) is 0 Å². The summed E-state index contributed by atoms with van der Waals surface area (Å²) in [6, 6.07) is 7.78. The van der Waals surface area contributed by atoms with Crippen molar-refractivity contribution >= 4 is 35.1 Å². The number of aryl methyl sites for hydroxylation is 1. The maximum absolute atomic E-state index is 12.1. The molecule has 1 aliphatic carbocycles. The summed E-state index contributed by atoms with van der Waals surface area (Å²) < 4.78 is 0. The van der Waals surface area contributed by atoms with Gasteiger partial charge in [0.05, 0.1) is 0 Å². The number of ketones is 1. The molecule has 0 spiro atoms. The van der Waals surface area contributed by atoms with Crippen LogP contribution in [0.3, 0.4) is 0 Å². The smallest absolute Gasteiger partial charge is 0.192 e. The van der Waals surface area contributed by atoms with E-state index >= 15 is 0 Å². The average molecular weight is 370 g/mol. The first-order valence-electron chi connectivity index (χ1n) is 8.69. The second-order valence-electron chi connectivity index (χ2n) is 6.26. The average Bonchev–Trinajstić information content (AvgIpc) is 2.61. The van der Waals surface area contributed by atoms with E-state index in [1.165, 1.54) is 36.6 Å². The van der Waals surface area contributed by atoms with Gasteiger partial charge in [0.1, 0.15) is 0 Å². The summed E-state index contributed by atoms with van der Waals surface area (Å²) in [5.41, 5.74) is 7.37. The largest absolute Gasteiger partial charge is 0.330 e. The molecule has 134 valence electrons. The number of hydrogen-bond acceptors (Lipinski definition) is 4. The van der Waals surface area contributed by atoms with Crippen LogP contribution in [0, 0.1) is 5.92 Å². The number of halogens is 1. The Morgan fingerprint density at radius 1 is 1.08 bits per heavy atom. The van der Waals surface area contributed by atoms with E-state index in [4.69, 9.17) is 5.73 Å². The molecule has 3 nitrogen and oxygen atoms in total. The molecule has 2 rings (SSSR count). The fraction of sp³-hybridized carbons (Fsp3) is 0.579. The molecule has 0 amide bonds. The Hall–Kier alpha value is -0.840. The molecular weight excluding hydrogens is 342 g/mol. The molecule has 0 saturated heterocycles. The summed E-state index contributed by atoms with van der Waals surface area (Å²) in [4.78, 5) is 24.0. The third-order valence-corrected chi connectivity index (χ3v) is 5.48. The van der Waals surface area contributed by atoms with Crippen molar-refractivity contribution in [2.45, 2.75) is 51.4 Å². The van der Waals surface area contributed by atoms with Crippen molar-refractivity contribution in [3.05, 3.63) is 35.4 Å². The Labute approximate surface area is 155 Å². The molecule has 1 aromatic rings. The second kappa shape index (κ2) is 11.7. The highest BCUT2D eigenvalue weighted by Gasteiger charge is 2.20. The molecule has 0 heterocycles. The molecule has 0 aromatic heterocycles. The van der Waals surface area contributed by atoms with Crippen LogP contribution in [0.2, 0.25) is 0 Å². The molecule has 24 heavy (non-hydrogen) atoms. The maximum atomic E-state index is 12.1. The van der Waals surface area contributed by atoms with E-state index in [0.29, 0.717) is 18.1 Å². The summed E-state index contributed by atoms with van der Waals surface area (Å²) in [6.45, 7) is 0.552. The zero-order valence-electron chi connectivity index (χ0n) is 14.2. The van der Waals surface area contributed by atoms with E-state index in [1.807, 2.05) is 24.3 Å². The van der Waals surface area contributed by atoms with Crippen LogP contribution in [0.1, 0.15) is 60.9 Å². The lowest BCUT2D eigenvalue weighted by Crippen LogP contribution is -2.15. The number of thioether (sulfide) groups is 1. The predicted molar refractivity (Wildman–Crippen MR) is 104 cm³/mol. The zero-order chi connectivity index (χ0) is 16.5. The number of rotatable bonds is 8. The second-order valence-corrected chi connectivity index (χ2v) is 7.36. The Morgan fingerprint density at radius 2 is 1.75 bits per heavy atom. The Kier molecular flexibility index (Phi) is 10.3. The van der Waals surface area contributed by atoms with E-state index in [1.54, 1.807) is 0 Å². The minimum Gasteiger partial charge on any atom is -0.330 e. The number of nitrogens with two attached hydrogens (primary N) is 1. The van der Waals surface area contributed by atoms with Crippen LogP contribution < -0.4 is 5.73 Å². The van der Waals surface area contributed by atoms with Gasteiger partial charge in [-0.25, -0.2) is 0 Å². The van der Waals surface area contributed by atoms with Crippen LogP contribution in [0.5, 0.6) is 0 Å². The van der Waals surface area contributed by atoms with Gasteiger partial charge in [-0.05, 0) is 37.8 Å². The number of hydrogen-bond donors (Lipinski definition) is 1. The molecule has 1 fully saturated rings. The van der Waals surface area contributed by atoms with Crippen molar-refractivity contribution in [1.29, 1.82) is 0 Å². The molecule has 0 atom stereocenters. The third kappa shape index (κ3) is 6.96. The molecule has 2 N–H and O–H groups in total. The van der Waals surface area contributed by atoms with Gasteiger partial charge >= 0.3 is 0 Å². The van der Waals surface area contributed by atoms with Crippen molar-refractivity contribution in [2.24, 2.45) is 11.7 Å². The molecule has 0 aliphatic heterocycles. The lowest BCUT2D eigenvalue weighted by Gasteiger charge is -2.19. The lowest BCUT2D eigenvalue weighted by molar-refractivity contribution is -0.115. The first-order chi connectivity index (χ1) is 11.2. The monoisotopic (exact) mass is 369 g/mol.